The molecule has 1 heterocycles. The highest BCUT2D eigenvalue weighted by molar-refractivity contribution is 7.12. The minimum absolute atomic E-state index is 0.222. The van der Waals surface area contributed by atoms with Crippen molar-refractivity contribution in [2.75, 3.05) is 13.6 Å². The standard InChI is InChI=1S/C16H19N3S/c1-12-6-7-16(20-12)15(10-18)19(2)11-14-5-3-4-13(8-14)9-17/h3-8,15H,10-11,18H2,1-2H3. The minimum atomic E-state index is 0.222. The molecule has 1 atom stereocenters. The quantitative estimate of drug-likeness (QED) is 0.918. The molecule has 0 radical (unpaired) electrons. The van der Waals surface area contributed by atoms with Gasteiger partial charge in [-0.3, -0.25) is 4.90 Å². The molecule has 4 heteroatoms. The molecule has 1 unspecified atom stereocenters. The zero-order valence-corrected chi connectivity index (χ0v) is 12.7. The summed E-state index contributed by atoms with van der Waals surface area (Å²) in [6.07, 6.45) is 0. The average molecular weight is 285 g/mol. The lowest BCUT2D eigenvalue weighted by Crippen LogP contribution is -2.29. The van der Waals surface area contributed by atoms with Crippen molar-refractivity contribution in [3.8, 4) is 6.07 Å². The number of thiophene rings is 1. The van der Waals surface area contributed by atoms with Gasteiger partial charge in [-0.05, 0) is 43.8 Å². The third-order valence-electron chi connectivity index (χ3n) is 3.33. The third-order valence-corrected chi connectivity index (χ3v) is 4.43. The van der Waals surface area contributed by atoms with E-state index in [-0.39, 0.29) is 6.04 Å². The van der Waals surface area contributed by atoms with Gasteiger partial charge < -0.3 is 5.73 Å². The zero-order chi connectivity index (χ0) is 14.5. The second-order valence-electron chi connectivity index (χ2n) is 4.93. The van der Waals surface area contributed by atoms with E-state index in [4.69, 9.17) is 11.0 Å². The predicted molar refractivity (Wildman–Crippen MR) is 83.5 cm³/mol. The van der Waals surface area contributed by atoms with E-state index in [1.165, 1.54) is 9.75 Å². The topological polar surface area (TPSA) is 53.0 Å². The maximum absolute atomic E-state index is 8.95. The number of hydrogen-bond donors (Lipinski definition) is 1. The highest BCUT2D eigenvalue weighted by Crippen LogP contribution is 2.27. The fourth-order valence-electron chi connectivity index (χ4n) is 2.28. The molecule has 0 aliphatic rings. The van der Waals surface area contributed by atoms with Gasteiger partial charge in [0.2, 0.25) is 0 Å². The van der Waals surface area contributed by atoms with Crippen molar-refractivity contribution in [3.05, 3.63) is 57.3 Å². The third kappa shape index (κ3) is 3.45. The van der Waals surface area contributed by atoms with E-state index in [0.717, 1.165) is 12.1 Å². The molecule has 2 aromatic rings. The Kier molecular flexibility index (Phi) is 4.91. The largest absolute Gasteiger partial charge is 0.329 e. The van der Waals surface area contributed by atoms with E-state index in [1.807, 2.05) is 24.3 Å². The molecule has 0 fully saturated rings. The maximum atomic E-state index is 8.95. The van der Waals surface area contributed by atoms with Gasteiger partial charge in [0.05, 0.1) is 17.7 Å². The Morgan fingerprint density at radius 1 is 1.35 bits per heavy atom. The summed E-state index contributed by atoms with van der Waals surface area (Å²) in [5, 5.41) is 8.95. The minimum Gasteiger partial charge on any atom is -0.329 e. The van der Waals surface area contributed by atoms with Crippen molar-refractivity contribution < 1.29 is 0 Å². The number of nitrogens with two attached hydrogens (primary N) is 1. The highest BCUT2D eigenvalue weighted by Gasteiger charge is 2.17. The lowest BCUT2D eigenvalue weighted by molar-refractivity contribution is 0.245. The lowest BCUT2D eigenvalue weighted by atomic mass is 10.1. The average Bonchev–Trinajstić information content (AvgIpc) is 2.86. The van der Waals surface area contributed by atoms with Gasteiger partial charge in [-0.1, -0.05) is 12.1 Å². The Morgan fingerprint density at radius 3 is 2.75 bits per heavy atom. The monoisotopic (exact) mass is 285 g/mol. The summed E-state index contributed by atoms with van der Waals surface area (Å²) >= 11 is 1.79. The van der Waals surface area contributed by atoms with Gasteiger partial charge in [0.25, 0.3) is 0 Å². The molecule has 0 saturated carbocycles. The summed E-state index contributed by atoms with van der Waals surface area (Å²) in [7, 11) is 2.08. The van der Waals surface area contributed by atoms with Crippen LogP contribution in [0.3, 0.4) is 0 Å². The summed E-state index contributed by atoms with van der Waals surface area (Å²) in [6.45, 7) is 3.49. The molecular formula is C16H19N3S. The first-order chi connectivity index (χ1) is 9.63. The first-order valence-corrected chi connectivity index (χ1v) is 7.41. The fourth-order valence-corrected chi connectivity index (χ4v) is 3.34. The molecule has 1 aromatic heterocycles. The molecule has 3 nitrogen and oxygen atoms in total. The van der Waals surface area contributed by atoms with Crippen LogP contribution in [0.4, 0.5) is 0 Å². The van der Waals surface area contributed by atoms with Crippen molar-refractivity contribution in [1.29, 1.82) is 5.26 Å². The van der Waals surface area contributed by atoms with Crippen LogP contribution in [0.1, 0.15) is 26.9 Å². The van der Waals surface area contributed by atoms with Crippen LogP contribution in [0.5, 0.6) is 0 Å². The second-order valence-corrected chi connectivity index (χ2v) is 6.25. The molecule has 0 aliphatic carbocycles. The van der Waals surface area contributed by atoms with Crippen molar-refractivity contribution in [3.63, 3.8) is 0 Å². The van der Waals surface area contributed by atoms with Gasteiger partial charge in [0, 0.05) is 22.8 Å². The summed E-state index contributed by atoms with van der Waals surface area (Å²) < 4.78 is 0. The van der Waals surface area contributed by atoms with Crippen molar-refractivity contribution in [1.82, 2.24) is 4.90 Å². The van der Waals surface area contributed by atoms with Crippen LogP contribution in [-0.2, 0) is 6.54 Å². The van der Waals surface area contributed by atoms with Gasteiger partial charge in [-0.2, -0.15) is 5.26 Å². The van der Waals surface area contributed by atoms with Crippen LogP contribution in [0.15, 0.2) is 36.4 Å². The summed E-state index contributed by atoms with van der Waals surface area (Å²) in [5.74, 6) is 0. The van der Waals surface area contributed by atoms with Crippen LogP contribution in [0.2, 0.25) is 0 Å². The number of rotatable bonds is 5. The van der Waals surface area contributed by atoms with Crippen LogP contribution >= 0.6 is 11.3 Å². The van der Waals surface area contributed by atoms with Crippen LogP contribution in [0.25, 0.3) is 0 Å². The van der Waals surface area contributed by atoms with Crippen LogP contribution in [-0.4, -0.2) is 18.5 Å². The van der Waals surface area contributed by atoms with E-state index >= 15 is 0 Å². The van der Waals surface area contributed by atoms with Gasteiger partial charge in [0.15, 0.2) is 0 Å². The summed E-state index contributed by atoms with van der Waals surface area (Å²) in [6, 6.07) is 14.4. The Balaban J connectivity index is 2.13. The highest BCUT2D eigenvalue weighted by atomic mass is 32.1. The van der Waals surface area contributed by atoms with E-state index in [2.05, 4.69) is 37.1 Å². The normalized spacial score (nSPS) is 12.3. The fraction of sp³-hybridized carbons (Fsp3) is 0.312. The number of nitrogens with zero attached hydrogens (tertiary/aromatic N) is 2. The van der Waals surface area contributed by atoms with Gasteiger partial charge in [0.1, 0.15) is 0 Å². The summed E-state index contributed by atoms with van der Waals surface area (Å²) in [4.78, 5) is 4.84. The first-order valence-electron chi connectivity index (χ1n) is 6.59. The van der Waals surface area contributed by atoms with Gasteiger partial charge in [-0.25, -0.2) is 0 Å². The molecule has 0 amide bonds. The smallest absolute Gasteiger partial charge is 0.0991 e. The Labute approximate surface area is 124 Å². The van der Waals surface area contributed by atoms with Crippen molar-refractivity contribution >= 4 is 11.3 Å². The summed E-state index contributed by atoms with van der Waals surface area (Å²) in [5.41, 5.74) is 7.78. The Hall–Kier alpha value is -1.67. The molecule has 0 bridgehead atoms. The number of hydrogen-bond acceptors (Lipinski definition) is 4. The van der Waals surface area contributed by atoms with Crippen molar-refractivity contribution in [2.45, 2.75) is 19.5 Å². The zero-order valence-electron chi connectivity index (χ0n) is 11.8. The molecule has 0 aliphatic heterocycles. The molecule has 2 N–H and O–H groups in total. The number of aryl methyl sites for hydroxylation is 1. The van der Waals surface area contributed by atoms with Gasteiger partial charge in [-0.15, -0.1) is 11.3 Å². The van der Waals surface area contributed by atoms with Gasteiger partial charge >= 0.3 is 0 Å². The molecule has 1 aromatic carbocycles. The Bertz CT molecular complexity index is 612. The SMILES string of the molecule is Cc1ccc(C(CN)N(C)Cc2cccc(C#N)c2)s1. The predicted octanol–water partition coefficient (Wildman–Crippen LogP) is 3.06. The number of likely N-dealkylation sites (N-methyl/N-ethyl adjacent to an activating group) is 1. The van der Waals surface area contributed by atoms with E-state index in [1.54, 1.807) is 11.3 Å². The van der Waals surface area contributed by atoms with Crippen LogP contribution < -0.4 is 5.73 Å². The van der Waals surface area contributed by atoms with E-state index < -0.39 is 0 Å². The van der Waals surface area contributed by atoms with E-state index in [9.17, 15) is 0 Å². The van der Waals surface area contributed by atoms with Crippen LogP contribution in [0, 0.1) is 18.3 Å². The molecule has 104 valence electrons. The molecule has 0 saturated heterocycles. The molecule has 20 heavy (non-hydrogen) atoms. The lowest BCUT2D eigenvalue weighted by Gasteiger charge is -2.26. The maximum Gasteiger partial charge on any atom is 0.0991 e. The molecule has 2 rings (SSSR count). The first kappa shape index (κ1) is 14.7. The van der Waals surface area contributed by atoms with Crippen molar-refractivity contribution in [2.24, 2.45) is 5.73 Å². The number of benzene rings is 1. The van der Waals surface area contributed by atoms with E-state index in [0.29, 0.717) is 12.1 Å². The Morgan fingerprint density at radius 2 is 2.15 bits per heavy atom. The molecule has 0 spiro atoms. The number of nitriles is 1. The second kappa shape index (κ2) is 6.67. The molecular weight excluding hydrogens is 266 g/mol.